The first kappa shape index (κ1) is 98.8. The summed E-state index contributed by atoms with van der Waals surface area (Å²) in [4.78, 5) is 119. The van der Waals surface area contributed by atoms with Gasteiger partial charge in [0.05, 0.1) is 25.3 Å². The summed E-state index contributed by atoms with van der Waals surface area (Å²) >= 11 is 0. The van der Waals surface area contributed by atoms with Gasteiger partial charge in [-0.25, -0.2) is 79.4 Å². The minimum atomic E-state index is -3.73. The topological polar surface area (TPSA) is 418 Å². The van der Waals surface area contributed by atoms with Crippen molar-refractivity contribution in [2.24, 2.45) is 0 Å². The molecule has 0 saturated carbocycles. The molecule has 0 spiro atoms. The zero-order valence-electron chi connectivity index (χ0n) is 75.0. The minimum absolute atomic E-state index is 0.0211. The summed E-state index contributed by atoms with van der Waals surface area (Å²) < 4.78 is 162. The maximum Gasteiger partial charge on any atom is 0.325 e. The normalized spacial score (nSPS) is 17.1. The van der Waals surface area contributed by atoms with E-state index in [0.717, 1.165) is 86.0 Å². The first-order valence-electron chi connectivity index (χ1n) is 44.7. The zero-order valence-corrected chi connectivity index (χ0v) is 78.3. The van der Waals surface area contributed by atoms with Gasteiger partial charge in [0, 0.05) is 144 Å². The molecule has 4 atom stereocenters. The molecule has 8 aromatic carbocycles. The van der Waals surface area contributed by atoms with Gasteiger partial charge >= 0.3 is 22.8 Å². The van der Waals surface area contributed by atoms with E-state index in [2.05, 4.69) is 44.6 Å². The summed E-state index contributed by atoms with van der Waals surface area (Å²) in [6.07, 6.45) is 17.6. The molecular formula is C101H103F4N11O16S4. The molecule has 9 N–H and O–H groups in total. The van der Waals surface area contributed by atoms with E-state index in [1.165, 1.54) is 74.8 Å². The Bertz CT molecular complexity index is 7400. The SMILES string of the molecule is CCS(=O)(=O)c1ccc(C2=CCC(c3[nH]c(=O)[nH]c(=O)c3Cc3ccccc3)CC2)c(F)c1.CN(C)S(=O)(=O)c1ccc(C2=CCC(c3[nH]c(=O)[nH]c(=O)c3Cc3ccccc3)CC2)c(F)c1.CNS(=O)(=O)c1ccc(C2=CCC(c3[nH]c(=O)[nH]c(=O)c3Cc3ccccc3)CC2)c(F)c1.O=c1[nH]c(C2CC=C(c3ccc(S(=O)(=O)N4CCCC4)cc3F)CC2)c(Cc2ccccc2)c(=O)[nH]1. The van der Waals surface area contributed by atoms with E-state index in [-0.39, 0.29) is 49.0 Å². The second-order valence-corrected chi connectivity index (χ2v) is 42.5. The number of nitrogens with one attached hydrogen (secondary N) is 9. The van der Waals surface area contributed by atoms with Crippen molar-refractivity contribution >= 4 is 62.2 Å². The third-order valence-electron chi connectivity index (χ3n) is 25.4. The lowest BCUT2D eigenvalue weighted by Gasteiger charge is -2.24. The summed E-state index contributed by atoms with van der Waals surface area (Å²) in [7, 11) is -10.5. The molecule has 35 heteroatoms. The predicted molar refractivity (Wildman–Crippen MR) is 514 cm³/mol. The lowest BCUT2D eigenvalue weighted by Crippen LogP contribution is -2.30. The molecule has 5 heterocycles. The third kappa shape index (κ3) is 23.5. The van der Waals surface area contributed by atoms with Crippen LogP contribution in [0.15, 0.2) is 276 Å². The molecule has 5 aliphatic rings. The van der Waals surface area contributed by atoms with Crippen molar-refractivity contribution in [2.45, 2.75) is 166 Å². The first-order valence-corrected chi connectivity index (χ1v) is 50.7. The van der Waals surface area contributed by atoms with Gasteiger partial charge in [-0.15, -0.1) is 0 Å². The van der Waals surface area contributed by atoms with Gasteiger partial charge in [-0.3, -0.25) is 39.1 Å². The monoisotopic (exact) mass is 1930 g/mol. The molecule has 4 unspecified atom stereocenters. The number of halogens is 4. The molecule has 0 radical (unpaired) electrons. The van der Waals surface area contributed by atoms with Crippen molar-refractivity contribution in [3.63, 3.8) is 0 Å². The third-order valence-corrected chi connectivity index (χ3v) is 32.3. The van der Waals surface area contributed by atoms with Gasteiger partial charge < -0.3 is 19.9 Å². The van der Waals surface area contributed by atoms with Crippen LogP contribution in [0.5, 0.6) is 0 Å². The Hall–Kier alpha value is -13.2. The standard InChI is InChI=1S/C27H28FN3O4S.C25H26FN3O4S.C25H25FN2O4S.C24H24FN3O4S/c28-24-17-21(36(34,35)31-14-4-5-15-31)12-13-22(24)19-8-10-20(11-9-19)25-23(26(32)30-27(33)29-25)16-18-6-2-1-3-7-18;1-29(2)34(32,33)19-12-13-20(22(26)15-19)17-8-10-18(11-9-17)23-21(24(30)28-25(31)27-23)14-16-6-4-3-5-7-16;1-2-33(31,32)19-12-13-20(22(26)15-19)17-8-10-18(11-9-17)23-21(24(29)28-25(30)27-23)14-16-6-4-3-5-7-16;1-26-33(31,32)18-11-12-19(21(25)14-18)16-7-9-17(10-8-16)22-20(23(29)28-24(30)27-22)13-15-5-3-2-4-6-15/h1-3,6-8,12-13,17,20H,4-5,9-11,14-16H2,(H2,29,30,32,33);3-8,12-13,15,18H,9-11,14H2,1-2H3,(H2,27,28,30,31);3-8,12-13,15,18H,2,9-11,14H2,1H3,(H2,27,28,29,30);2-7,11-12,14,17,26H,8-10,13H2,1H3,(H2,27,28,29,30). The van der Waals surface area contributed by atoms with Crippen LogP contribution in [0.4, 0.5) is 17.6 Å². The largest absolute Gasteiger partial charge is 0.325 e. The van der Waals surface area contributed by atoms with Gasteiger partial charge in [0.1, 0.15) is 23.3 Å². The van der Waals surface area contributed by atoms with Crippen LogP contribution in [-0.4, -0.2) is 122 Å². The Morgan fingerprint density at radius 3 is 0.882 bits per heavy atom. The summed E-state index contributed by atoms with van der Waals surface area (Å²) in [5, 5.41) is 0. The van der Waals surface area contributed by atoms with Crippen LogP contribution in [0.25, 0.3) is 22.3 Å². The predicted octanol–water partition coefficient (Wildman–Crippen LogP) is 14.3. The summed E-state index contributed by atoms with van der Waals surface area (Å²) in [6, 6.07) is 54.2. The lowest BCUT2D eigenvalue weighted by molar-refractivity contribution is 0.476. The summed E-state index contributed by atoms with van der Waals surface area (Å²) in [6.45, 7) is 2.46. The Labute approximate surface area is 781 Å². The van der Waals surface area contributed by atoms with Crippen molar-refractivity contribution in [3.8, 4) is 0 Å². The van der Waals surface area contributed by atoms with Crippen molar-refractivity contribution in [3.05, 3.63) is 415 Å². The number of sulfonamides is 3. The number of benzene rings is 8. The van der Waals surface area contributed by atoms with E-state index in [1.807, 2.05) is 146 Å². The van der Waals surface area contributed by atoms with Crippen molar-refractivity contribution < 1.29 is 51.2 Å². The van der Waals surface area contributed by atoms with Crippen molar-refractivity contribution in [2.75, 3.05) is 40.0 Å². The molecule has 1 aliphatic heterocycles. The number of aromatic amines is 8. The van der Waals surface area contributed by atoms with Crippen LogP contribution < -0.4 is 49.7 Å². The molecule has 17 rings (SSSR count). The average Bonchev–Trinajstić information content (AvgIpc) is 0.819. The Balaban J connectivity index is 0.000000145. The quantitative estimate of drug-likeness (QED) is 0.0254. The molecule has 12 aromatic rings. The number of sulfone groups is 1. The highest BCUT2D eigenvalue weighted by Gasteiger charge is 2.33. The van der Waals surface area contributed by atoms with Gasteiger partial charge in [0.25, 0.3) is 22.2 Å². The highest BCUT2D eigenvalue weighted by Crippen LogP contribution is 2.43. The Morgan fingerprint density at radius 1 is 0.353 bits per heavy atom. The molecule has 136 heavy (non-hydrogen) atoms. The van der Waals surface area contributed by atoms with E-state index in [0.29, 0.717) is 183 Å². The second-order valence-electron chi connectivity index (χ2n) is 34.2. The number of allylic oxidation sites excluding steroid dienone is 8. The minimum Gasteiger partial charge on any atom is -0.311 e. The van der Waals surface area contributed by atoms with Crippen LogP contribution in [0, 0.1) is 23.3 Å². The van der Waals surface area contributed by atoms with Gasteiger partial charge in [-0.1, -0.05) is 177 Å². The molecule has 0 amide bonds. The maximum absolute atomic E-state index is 15.1. The van der Waals surface area contributed by atoms with Crippen LogP contribution in [0.1, 0.15) is 210 Å². The Morgan fingerprint density at radius 2 is 0.618 bits per heavy atom. The van der Waals surface area contributed by atoms with E-state index >= 15 is 4.39 Å². The fourth-order valence-electron chi connectivity index (χ4n) is 18.1. The number of nitrogens with zero attached hydrogens (tertiary/aromatic N) is 2. The maximum atomic E-state index is 15.1. The van der Waals surface area contributed by atoms with Gasteiger partial charge in [0.2, 0.25) is 30.1 Å². The molecule has 710 valence electrons. The number of H-pyrrole nitrogens is 8. The highest BCUT2D eigenvalue weighted by molar-refractivity contribution is 7.91. The molecule has 1 saturated heterocycles. The Kier molecular flexibility index (Phi) is 31.4. The number of hydrogen-bond donors (Lipinski definition) is 9. The van der Waals surface area contributed by atoms with E-state index in [4.69, 9.17) is 0 Å². The van der Waals surface area contributed by atoms with E-state index < -0.39 is 108 Å². The second kappa shape index (κ2) is 43.2. The molecular weight excluding hydrogens is 1830 g/mol. The first-order chi connectivity index (χ1) is 65.0. The van der Waals surface area contributed by atoms with Crippen LogP contribution in [0.3, 0.4) is 0 Å². The fourth-order valence-corrected chi connectivity index (χ4v) is 22.1. The molecule has 0 bridgehead atoms. The van der Waals surface area contributed by atoms with Gasteiger partial charge in [-0.2, -0.15) is 4.31 Å². The average molecular weight is 1930 g/mol. The number of rotatable bonds is 24. The van der Waals surface area contributed by atoms with E-state index in [9.17, 15) is 85.2 Å². The summed E-state index contributed by atoms with van der Waals surface area (Å²) in [5.74, 6) is -2.75. The fraction of sp³-hybridized carbons (Fsp3) is 0.287. The van der Waals surface area contributed by atoms with Crippen molar-refractivity contribution in [1.29, 1.82) is 0 Å². The number of aromatic nitrogens is 8. The zero-order chi connectivity index (χ0) is 96.9. The smallest absolute Gasteiger partial charge is 0.311 e. The van der Waals surface area contributed by atoms with Crippen LogP contribution in [-0.2, 0) is 65.6 Å². The van der Waals surface area contributed by atoms with Gasteiger partial charge in [0.15, 0.2) is 9.84 Å². The van der Waals surface area contributed by atoms with E-state index in [1.54, 1.807) is 6.07 Å². The lowest BCUT2D eigenvalue weighted by atomic mass is 9.83. The van der Waals surface area contributed by atoms with Crippen LogP contribution >= 0.6 is 0 Å². The van der Waals surface area contributed by atoms with Crippen molar-refractivity contribution in [1.82, 2.24) is 53.2 Å². The summed E-state index contributed by atoms with van der Waals surface area (Å²) in [5.41, 5.74) is 9.28. The van der Waals surface area contributed by atoms with Crippen LogP contribution in [0.2, 0.25) is 0 Å². The van der Waals surface area contributed by atoms with Gasteiger partial charge in [-0.05, 0) is 190 Å². The molecule has 1 fully saturated rings. The molecule has 27 nitrogen and oxygen atoms in total. The highest BCUT2D eigenvalue weighted by atomic mass is 32.2. The number of hydrogen-bond acceptors (Lipinski definition) is 16. The molecule has 4 aromatic heterocycles. The molecule has 4 aliphatic carbocycles.